The molecule has 2 aromatic carbocycles. The monoisotopic (exact) mass is 329 g/mol. The van der Waals surface area contributed by atoms with Crippen LogP contribution < -0.4 is 5.32 Å². The molecule has 0 aliphatic heterocycles. The number of hydrogen-bond donors (Lipinski definition) is 1. The molecule has 0 aliphatic rings. The maximum atomic E-state index is 13.8. The van der Waals surface area contributed by atoms with Crippen molar-refractivity contribution in [2.45, 2.75) is 19.4 Å². The summed E-state index contributed by atoms with van der Waals surface area (Å²) in [6, 6.07) is 8.75. The van der Waals surface area contributed by atoms with E-state index in [0.717, 1.165) is 11.6 Å². The predicted octanol–water partition coefficient (Wildman–Crippen LogP) is 5.16. The van der Waals surface area contributed by atoms with Crippen molar-refractivity contribution in [3.8, 4) is 0 Å². The number of hydrogen-bond acceptors (Lipinski definition) is 1. The van der Waals surface area contributed by atoms with Crippen molar-refractivity contribution in [3.05, 3.63) is 69.2 Å². The average molecular weight is 330 g/mol. The first-order chi connectivity index (χ1) is 10.0. The van der Waals surface area contributed by atoms with E-state index in [-0.39, 0.29) is 6.04 Å². The smallest absolute Gasteiger partial charge is 0.129 e. The summed E-state index contributed by atoms with van der Waals surface area (Å²) in [5.41, 5.74) is 1.23. The Morgan fingerprint density at radius 2 is 1.90 bits per heavy atom. The van der Waals surface area contributed by atoms with Gasteiger partial charge in [0.25, 0.3) is 0 Å². The maximum Gasteiger partial charge on any atom is 0.129 e. The fourth-order valence-corrected chi connectivity index (χ4v) is 2.67. The Morgan fingerprint density at radius 1 is 1.14 bits per heavy atom. The zero-order valence-corrected chi connectivity index (χ0v) is 13.0. The van der Waals surface area contributed by atoms with Gasteiger partial charge in [0, 0.05) is 12.1 Å². The van der Waals surface area contributed by atoms with Crippen molar-refractivity contribution >= 4 is 23.2 Å². The van der Waals surface area contributed by atoms with Gasteiger partial charge in [-0.1, -0.05) is 48.3 Å². The molecule has 1 nitrogen and oxygen atoms in total. The van der Waals surface area contributed by atoms with Crippen LogP contribution in [0.15, 0.2) is 36.4 Å². The minimum atomic E-state index is -0.586. The lowest BCUT2D eigenvalue weighted by molar-refractivity contribution is 0.521. The molecule has 0 aliphatic carbocycles. The normalized spacial score (nSPS) is 12.4. The summed E-state index contributed by atoms with van der Waals surface area (Å²) in [5.74, 6) is -1.15. The van der Waals surface area contributed by atoms with Gasteiger partial charge in [0.2, 0.25) is 0 Å². The first-order valence-electron chi connectivity index (χ1n) is 6.64. The first-order valence-corrected chi connectivity index (χ1v) is 7.39. The van der Waals surface area contributed by atoms with Gasteiger partial charge in [0.15, 0.2) is 0 Å². The minimum Gasteiger partial charge on any atom is -0.310 e. The molecule has 0 amide bonds. The van der Waals surface area contributed by atoms with Gasteiger partial charge in [-0.05, 0) is 36.2 Å². The maximum absolute atomic E-state index is 13.8. The van der Waals surface area contributed by atoms with E-state index in [1.165, 1.54) is 12.1 Å². The summed E-state index contributed by atoms with van der Waals surface area (Å²) in [6.07, 6.45) is 0.361. The van der Waals surface area contributed by atoms with Gasteiger partial charge >= 0.3 is 0 Å². The van der Waals surface area contributed by atoms with E-state index in [1.807, 2.05) is 13.0 Å². The molecule has 0 radical (unpaired) electrons. The highest BCUT2D eigenvalue weighted by Gasteiger charge is 2.18. The van der Waals surface area contributed by atoms with Gasteiger partial charge in [-0.15, -0.1) is 0 Å². The molecule has 0 bridgehead atoms. The number of rotatable bonds is 5. The molecule has 0 heterocycles. The molecule has 1 unspecified atom stereocenters. The van der Waals surface area contributed by atoms with E-state index in [1.54, 1.807) is 12.1 Å². The Balaban J connectivity index is 2.33. The van der Waals surface area contributed by atoms with Crippen molar-refractivity contribution in [1.29, 1.82) is 0 Å². The summed E-state index contributed by atoms with van der Waals surface area (Å²) in [4.78, 5) is 0. The van der Waals surface area contributed by atoms with E-state index in [0.29, 0.717) is 28.6 Å². The molecule has 5 heteroatoms. The molecular formula is C16H15Cl2F2N. The second-order valence-electron chi connectivity index (χ2n) is 4.69. The van der Waals surface area contributed by atoms with Crippen molar-refractivity contribution in [2.24, 2.45) is 0 Å². The van der Waals surface area contributed by atoms with Gasteiger partial charge in [-0.3, -0.25) is 0 Å². The molecule has 0 fully saturated rings. The van der Waals surface area contributed by atoms with Gasteiger partial charge in [0.05, 0.1) is 10.0 Å². The molecule has 0 spiro atoms. The van der Waals surface area contributed by atoms with Gasteiger partial charge in [-0.25, -0.2) is 8.78 Å². The predicted molar refractivity (Wildman–Crippen MR) is 82.9 cm³/mol. The standard InChI is InChI=1S/C16H15Cl2F2N/c1-2-21-15(12-4-3-5-13(17)16(12)18)8-10-6-7-11(19)9-14(10)20/h3-7,9,15,21H,2,8H2,1H3. The van der Waals surface area contributed by atoms with Gasteiger partial charge in [0.1, 0.15) is 11.6 Å². The Labute approximate surface area is 132 Å². The van der Waals surface area contributed by atoms with Crippen LogP contribution in [0.3, 0.4) is 0 Å². The van der Waals surface area contributed by atoms with Crippen LogP contribution in [-0.2, 0) is 6.42 Å². The molecular weight excluding hydrogens is 315 g/mol. The number of benzene rings is 2. The molecule has 0 saturated carbocycles. The third-order valence-corrected chi connectivity index (χ3v) is 4.08. The first kappa shape index (κ1) is 16.2. The Kier molecular flexibility index (Phi) is 5.57. The highest BCUT2D eigenvalue weighted by molar-refractivity contribution is 6.42. The van der Waals surface area contributed by atoms with Crippen molar-refractivity contribution in [3.63, 3.8) is 0 Å². The number of likely N-dealkylation sites (N-methyl/N-ethyl adjacent to an activating group) is 1. The molecule has 2 aromatic rings. The highest BCUT2D eigenvalue weighted by atomic mass is 35.5. The summed E-state index contributed by atoms with van der Waals surface area (Å²) in [5, 5.41) is 4.16. The van der Waals surface area contributed by atoms with Crippen molar-refractivity contribution in [1.82, 2.24) is 5.32 Å². The summed E-state index contributed by atoms with van der Waals surface area (Å²) >= 11 is 12.3. The van der Waals surface area contributed by atoms with Crippen LogP contribution in [0.4, 0.5) is 8.78 Å². The van der Waals surface area contributed by atoms with Gasteiger partial charge < -0.3 is 5.32 Å². The lowest BCUT2D eigenvalue weighted by atomic mass is 9.98. The van der Waals surface area contributed by atoms with Crippen LogP contribution in [0.1, 0.15) is 24.1 Å². The Morgan fingerprint density at radius 3 is 2.57 bits per heavy atom. The third kappa shape index (κ3) is 3.94. The largest absolute Gasteiger partial charge is 0.310 e. The Bertz CT molecular complexity index is 632. The summed E-state index contributed by atoms with van der Waals surface area (Å²) in [7, 11) is 0. The van der Waals surface area contributed by atoms with E-state index < -0.39 is 11.6 Å². The molecule has 1 N–H and O–H groups in total. The van der Waals surface area contributed by atoms with Crippen LogP contribution in [-0.4, -0.2) is 6.54 Å². The summed E-state index contributed by atoms with van der Waals surface area (Å²) < 4.78 is 26.8. The van der Waals surface area contributed by atoms with Crippen molar-refractivity contribution in [2.75, 3.05) is 6.54 Å². The minimum absolute atomic E-state index is 0.193. The Hall–Kier alpha value is -1.16. The number of halogens is 4. The van der Waals surface area contributed by atoms with Gasteiger partial charge in [-0.2, -0.15) is 0 Å². The van der Waals surface area contributed by atoms with Crippen molar-refractivity contribution < 1.29 is 8.78 Å². The quantitative estimate of drug-likeness (QED) is 0.798. The van der Waals surface area contributed by atoms with Crippen LogP contribution >= 0.6 is 23.2 Å². The third-order valence-electron chi connectivity index (χ3n) is 3.25. The molecule has 21 heavy (non-hydrogen) atoms. The number of nitrogens with one attached hydrogen (secondary N) is 1. The topological polar surface area (TPSA) is 12.0 Å². The fraction of sp³-hybridized carbons (Fsp3) is 0.250. The van der Waals surface area contributed by atoms with E-state index >= 15 is 0 Å². The van der Waals surface area contributed by atoms with Crippen LogP contribution in [0.2, 0.25) is 10.0 Å². The fourth-order valence-electron chi connectivity index (χ4n) is 2.24. The lowest BCUT2D eigenvalue weighted by Gasteiger charge is -2.20. The second kappa shape index (κ2) is 7.21. The zero-order valence-electron chi connectivity index (χ0n) is 11.5. The van der Waals surface area contributed by atoms with E-state index in [9.17, 15) is 8.78 Å². The zero-order chi connectivity index (χ0) is 15.4. The molecule has 0 saturated heterocycles. The summed E-state index contributed by atoms with van der Waals surface area (Å²) in [6.45, 7) is 2.64. The lowest BCUT2D eigenvalue weighted by Crippen LogP contribution is -2.23. The van der Waals surface area contributed by atoms with Crippen LogP contribution in [0.25, 0.3) is 0 Å². The SMILES string of the molecule is CCNC(Cc1ccc(F)cc1F)c1cccc(Cl)c1Cl. The van der Waals surface area contributed by atoms with Crippen LogP contribution in [0, 0.1) is 11.6 Å². The van der Waals surface area contributed by atoms with E-state index in [2.05, 4.69) is 5.32 Å². The molecule has 1 atom stereocenters. The van der Waals surface area contributed by atoms with Crippen LogP contribution in [0.5, 0.6) is 0 Å². The molecule has 0 aromatic heterocycles. The molecule has 112 valence electrons. The highest BCUT2D eigenvalue weighted by Crippen LogP contribution is 2.32. The van der Waals surface area contributed by atoms with E-state index in [4.69, 9.17) is 23.2 Å². The molecule has 2 rings (SSSR count). The average Bonchev–Trinajstić information content (AvgIpc) is 2.44. The second-order valence-corrected chi connectivity index (χ2v) is 5.48.